The number of hydrogen-bond acceptors (Lipinski definition) is 4. The third-order valence-electron chi connectivity index (χ3n) is 9.44. The van der Waals surface area contributed by atoms with Crippen LogP contribution in [-0.4, -0.2) is 19.5 Å². The van der Waals surface area contributed by atoms with Crippen molar-refractivity contribution in [2.24, 2.45) is 0 Å². The maximum atomic E-state index is 6.80. The molecule has 0 radical (unpaired) electrons. The van der Waals surface area contributed by atoms with Gasteiger partial charge in [-0.05, 0) is 53.9 Å². The Labute approximate surface area is 276 Å². The zero-order valence-electron chi connectivity index (χ0n) is 26.0. The highest BCUT2D eigenvalue weighted by Crippen LogP contribution is 2.41. The van der Waals surface area contributed by atoms with Crippen molar-refractivity contribution in [3.05, 3.63) is 151 Å². The van der Waals surface area contributed by atoms with Crippen LogP contribution in [-0.2, 0) is 0 Å². The molecule has 6 aromatic carbocycles. The molecular formula is C43H28N4O. The number of benzene rings is 6. The van der Waals surface area contributed by atoms with Gasteiger partial charge >= 0.3 is 0 Å². The van der Waals surface area contributed by atoms with Crippen LogP contribution in [0.15, 0.2) is 150 Å². The molecule has 1 aliphatic carbocycles. The summed E-state index contributed by atoms with van der Waals surface area (Å²) in [5, 5.41) is 6.87. The fraction of sp³-hybridized carbons (Fsp3) is 0.0465. The van der Waals surface area contributed by atoms with E-state index in [0.717, 1.165) is 68.2 Å². The van der Waals surface area contributed by atoms with Gasteiger partial charge in [-0.1, -0.05) is 115 Å². The van der Waals surface area contributed by atoms with Crippen LogP contribution in [0, 0.1) is 0 Å². The lowest BCUT2D eigenvalue weighted by molar-refractivity contribution is 0.666. The summed E-state index contributed by atoms with van der Waals surface area (Å²) in [4.78, 5) is 15.1. The van der Waals surface area contributed by atoms with Crippen LogP contribution in [0.25, 0.3) is 88.6 Å². The Hall–Kier alpha value is -6.33. The maximum absolute atomic E-state index is 6.80. The number of allylic oxidation sites excluding steroid dienone is 4. The third-order valence-corrected chi connectivity index (χ3v) is 9.44. The quantitative estimate of drug-likeness (QED) is 0.197. The average Bonchev–Trinajstić information content (AvgIpc) is 3.70. The highest BCUT2D eigenvalue weighted by molar-refractivity contribution is 6.17. The molecule has 0 bridgehead atoms. The second kappa shape index (κ2) is 10.6. The second-order valence-corrected chi connectivity index (χ2v) is 12.3. The van der Waals surface area contributed by atoms with E-state index in [9.17, 15) is 0 Å². The van der Waals surface area contributed by atoms with Crippen LogP contribution >= 0.6 is 0 Å². The van der Waals surface area contributed by atoms with Crippen molar-refractivity contribution in [2.75, 3.05) is 0 Å². The van der Waals surface area contributed by atoms with E-state index >= 15 is 0 Å². The minimum absolute atomic E-state index is 0.626. The Kier molecular flexibility index (Phi) is 5.93. The van der Waals surface area contributed by atoms with Crippen LogP contribution in [0.3, 0.4) is 0 Å². The van der Waals surface area contributed by atoms with Gasteiger partial charge in [0.25, 0.3) is 0 Å². The molecule has 48 heavy (non-hydrogen) atoms. The van der Waals surface area contributed by atoms with Crippen molar-refractivity contribution in [2.45, 2.75) is 12.8 Å². The number of furan rings is 1. The van der Waals surface area contributed by atoms with Gasteiger partial charge in [-0.15, -0.1) is 0 Å². The van der Waals surface area contributed by atoms with Crippen LogP contribution in [0.5, 0.6) is 0 Å². The number of aromatic nitrogens is 4. The Morgan fingerprint density at radius 2 is 1.31 bits per heavy atom. The molecule has 0 saturated heterocycles. The fourth-order valence-corrected chi connectivity index (χ4v) is 7.23. The van der Waals surface area contributed by atoms with E-state index in [2.05, 4.69) is 108 Å². The molecule has 9 aromatic rings. The molecule has 0 saturated carbocycles. The lowest BCUT2D eigenvalue weighted by Gasteiger charge is -2.11. The molecule has 5 heteroatoms. The summed E-state index contributed by atoms with van der Waals surface area (Å²) in [6.07, 6.45) is 8.51. The van der Waals surface area contributed by atoms with Crippen molar-refractivity contribution < 1.29 is 4.42 Å². The summed E-state index contributed by atoms with van der Waals surface area (Å²) in [5.41, 5.74) is 7.78. The van der Waals surface area contributed by atoms with Crippen LogP contribution in [0.4, 0.5) is 0 Å². The Bertz CT molecular complexity index is 2780. The third kappa shape index (κ3) is 4.14. The first-order valence-corrected chi connectivity index (χ1v) is 16.4. The Morgan fingerprint density at radius 1 is 0.562 bits per heavy atom. The molecule has 5 nitrogen and oxygen atoms in total. The van der Waals surface area contributed by atoms with E-state index in [1.807, 2.05) is 42.5 Å². The van der Waals surface area contributed by atoms with Crippen molar-refractivity contribution in [3.8, 4) is 28.5 Å². The number of hydrogen-bond donors (Lipinski definition) is 0. The first kappa shape index (κ1) is 26.8. The van der Waals surface area contributed by atoms with Gasteiger partial charge in [-0.3, -0.25) is 0 Å². The average molecular weight is 617 g/mol. The summed E-state index contributed by atoms with van der Waals surface area (Å²) in [5.74, 6) is 1.96. The number of para-hydroxylation sites is 2. The SMILES string of the molecule is C1=CC(c2nc(-c3ccccc3)nc(-c3cccc4oc5c(-n6c7ccccc7c7cc8ccccc8cc76)cccc5c34)n2)=CCC1. The standard InChI is InChI=1S/C43H28N4O/c1-3-13-27(14-4-1)41-44-42(28-15-5-2-6-16-28)46-43(45-41)33-21-12-24-38-39(33)32-20-11-23-36(40(32)48-38)47-35-22-10-9-19-31(35)34-25-29-17-7-8-18-30(29)26-37(34)47/h1,3-5,7-26H,2,6H2. The molecule has 3 aromatic heterocycles. The van der Waals surface area contributed by atoms with Gasteiger partial charge in [-0.25, -0.2) is 15.0 Å². The van der Waals surface area contributed by atoms with Gasteiger partial charge in [0, 0.05) is 38.2 Å². The molecule has 0 amide bonds. The normalized spacial score (nSPS) is 13.3. The topological polar surface area (TPSA) is 56.7 Å². The van der Waals surface area contributed by atoms with Crippen molar-refractivity contribution >= 4 is 60.1 Å². The smallest absolute Gasteiger partial charge is 0.164 e. The summed E-state index contributed by atoms with van der Waals surface area (Å²) in [7, 11) is 0. The predicted molar refractivity (Wildman–Crippen MR) is 196 cm³/mol. The lowest BCUT2D eigenvalue weighted by atomic mass is 10.0. The molecular weight excluding hydrogens is 589 g/mol. The zero-order chi connectivity index (χ0) is 31.6. The second-order valence-electron chi connectivity index (χ2n) is 12.3. The van der Waals surface area contributed by atoms with E-state index < -0.39 is 0 Å². The zero-order valence-corrected chi connectivity index (χ0v) is 26.0. The Morgan fingerprint density at radius 3 is 2.19 bits per heavy atom. The first-order chi connectivity index (χ1) is 23.8. The molecule has 0 fully saturated rings. The van der Waals surface area contributed by atoms with E-state index in [-0.39, 0.29) is 0 Å². The minimum Gasteiger partial charge on any atom is -0.454 e. The van der Waals surface area contributed by atoms with Gasteiger partial charge < -0.3 is 8.98 Å². The maximum Gasteiger partial charge on any atom is 0.164 e. The highest BCUT2D eigenvalue weighted by Gasteiger charge is 2.21. The van der Waals surface area contributed by atoms with Crippen molar-refractivity contribution in [3.63, 3.8) is 0 Å². The fourth-order valence-electron chi connectivity index (χ4n) is 7.23. The summed E-state index contributed by atoms with van der Waals surface area (Å²) in [6.45, 7) is 0. The van der Waals surface area contributed by atoms with Crippen LogP contribution in [0.2, 0.25) is 0 Å². The molecule has 0 aliphatic heterocycles. The first-order valence-electron chi connectivity index (χ1n) is 16.4. The predicted octanol–water partition coefficient (Wildman–Crippen LogP) is 11.1. The molecule has 226 valence electrons. The van der Waals surface area contributed by atoms with Crippen molar-refractivity contribution in [1.29, 1.82) is 0 Å². The molecule has 10 rings (SSSR count). The lowest BCUT2D eigenvalue weighted by Crippen LogP contribution is -2.03. The molecule has 0 N–H and O–H groups in total. The summed E-state index contributed by atoms with van der Waals surface area (Å²) < 4.78 is 9.15. The number of nitrogens with zero attached hydrogens (tertiary/aromatic N) is 4. The molecule has 0 unspecified atom stereocenters. The van der Waals surface area contributed by atoms with Gasteiger partial charge in [0.1, 0.15) is 5.58 Å². The summed E-state index contributed by atoms with van der Waals surface area (Å²) >= 11 is 0. The Balaban J connectivity index is 1.24. The van der Waals surface area contributed by atoms with Crippen LogP contribution in [0.1, 0.15) is 18.7 Å². The minimum atomic E-state index is 0.626. The van der Waals surface area contributed by atoms with Crippen molar-refractivity contribution in [1.82, 2.24) is 19.5 Å². The van der Waals surface area contributed by atoms with Gasteiger partial charge in [0.15, 0.2) is 23.1 Å². The van der Waals surface area contributed by atoms with Gasteiger partial charge in [-0.2, -0.15) is 0 Å². The van der Waals surface area contributed by atoms with E-state index in [0.29, 0.717) is 17.5 Å². The van der Waals surface area contributed by atoms with Gasteiger partial charge in [0.2, 0.25) is 0 Å². The number of fused-ring (bicyclic) bond motifs is 7. The monoisotopic (exact) mass is 616 g/mol. The largest absolute Gasteiger partial charge is 0.454 e. The number of rotatable bonds is 4. The van der Waals surface area contributed by atoms with Crippen LogP contribution < -0.4 is 0 Å². The molecule has 3 heterocycles. The summed E-state index contributed by atoms with van der Waals surface area (Å²) in [6, 6.07) is 44.5. The molecule has 0 atom stereocenters. The highest BCUT2D eigenvalue weighted by atomic mass is 16.3. The van der Waals surface area contributed by atoms with E-state index in [1.165, 1.54) is 21.5 Å². The van der Waals surface area contributed by atoms with E-state index in [1.54, 1.807) is 0 Å². The van der Waals surface area contributed by atoms with Gasteiger partial charge in [0.05, 0.1) is 16.7 Å². The molecule has 0 spiro atoms. The molecule has 1 aliphatic rings. The van der Waals surface area contributed by atoms with E-state index in [4.69, 9.17) is 19.4 Å².